The third kappa shape index (κ3) is 3.32. The molecule has 2 atom stereocenters. The Morgan fingerprint density at radius 1 is 1.14 bits per heavy atom. The minimum atomic E-state index is -3.83. The summed E-state index contributed by atoms with van der Waals surface area (Å²) in [6, 6.07) is 6.70. The summed E-state index contributed by atoms with van der Waals surface area (Å²) in [4.78, 5) is 12.2. The van der Waals surface area contributed by atoms with Gasteiger partial charge in [-0.15, -0.1) is 0 Å². The highest BCUT2D eigenvalue weighted by Crippen LogP contribution is 2.40. The van der Waals surface area contributed by atoms with E-state index in [0.717, 1.165) is 25.7 Å². The van der Waals surface area contributed by atoms with Crippen LogP contribution in [-0.2, 0) is 14.8 Å². The molecule has 3 rings (SSSR count). The molecule has 0 unspecified atom stereocenters. The summed E-state index contributed by atoms with van der Waals surface area (Å²) < 4.78 is 27.1. The largest absolute Gasteiger partial charge is 0.384 e. The van der Waals surface area contributed by atoms with Crippen molar-refractivity contribution in [1.29, 1.82) is 0 Å². The normalized spacial score (nSPS) is 29.0. The maximum atomic E-state index is 12.4. The summed E-state index contributed by atoms with van der Waals surface area (Å²) in [6.45, 7) is 0.709. The second-order valence-electron chi connectivity index (χ2n) is 5.82. The van der Waals surface area contributed by atoms with Gasteiger partial charge in [-0.2, -0.15) is 0 Å². The summed E-state index contributed by atoms with van der Waals surface area (Å²) in [6.07, 6.45) is 7.89. The molecule has 1 aromatic rings. The molecule has 0 spiro atoms. The van der Waals surface area contributed by atoms with Crippen molar-refractivity contribution in [3.8, 4) is 0 Å². The highest BCUT2D eigenvalue weighted by molar-refractivity contribution is 7.90. The second-order valence-corrected chi connectivity index (χ2v) is 7.47. The van der Waals surface area contributed by atoms with Crippen molar-refractivity contribution in [3.63, 3.8) is 0 Å². The molecule has 2 N–H and O–H groups in total. The van der Waals surface area contributed by atoms with Crippen molar-refractivity contribution >= 4 is 21.6 Å². The number of para-hydroxylation sites is 1. The van der Waals surface area contributed by atoms with Crippen LogP contribution in [0.25, 0.3) is 0 Å². The SMILES string of the molecule is O=C1NS(=O)(=O)c2ccccc2NCCCC/C=C/[C@@H]2C[C@H]12. The number of hydrogen-bond donors (Lipinski definition) is 2. The fraction of sp³-hybridized carbons (Fsp3) is 0.438. The van der Waals surface area contributed by atoms with Crippen LogP contribution in [0.5, 0.6) is 0 Å². The first-order valence-electron chi connectivity index (χ1n) is 7.64. The first kappa shape index (κ1) is 15.1. The number of sulfonamides is 1. The van der Waals surface area contributed by atoms with Gasteiger partial charge in [0.2, 0.25) is 5.91 Å². The number of rotatable bonds is 0. The van der Waals surface area contributed by atoms with E-state index in [4.69, 9.17) is 0 Å². The molecule has 118 valence electrons. The Balaban J connectivity index is 1.88. The van der Waals surface area contributed by atoms with E-state index in [2.05, 4.69) is 16.1 Å². The Morgan fingerprint density at radius 3 is 2.82 bits per heavy atom. The molecule has 5 nitrogen and oxygen atoms in total. The first-order chi connectivity index (χ1) is 10.6. The highest BCUT2D eigenvalue weighted by Gasteiger charge is 2.42. The number of anilines is 1. The van der Waals surface area contributed by atoms with Crippen molar-refractivity contribution in [2.45, 2.75) is 30.6 Å². The van der Waals surface area contributed by atoms with Gasteiger partial charge >= 0.3 is 0 Å². The molecular formula is C16H20N2O3S. The van der Waals surface area contributed by atoms with Gasteiger partial charge < -0.3 is 5.32 Å². The van der Waals surface area contributed by atoms with Gasteiger partial charge in [-0.3, -0.25) is 4.79 Å². The number of allylic oxidation sites excluding steroid dienone is 2. The molecule has 6 heteroatoms. The molecule has 1 saturated carbocycles. The monoisotopic (exact) mass is 320 g/mol. The van der Waals surface area contributed by atoms with Crippen LogP contribution in [0.15, 0.2) is 41.3 Å². The predicted octanol–water partition coefficient (Wildman–Crippen LogP) is 2.28. The summed E-state index contributed by atoms with van der Waals surface area (Å²) >= 11 is 0. The quantitative estimate of drug-likeness (QED) is 0.719. The Labute approximate surface area is 130 Å². The van der Waals surface area contributed by atoms with E-state index in [1.165, 1.54) is 6.07 Å². The Kier molecular flexibility index (Phi) is 4.20. The molecule has 0 bridgehead atoms. The topological polar surface area (TPSA) is 75.3 Å². The maximum Gasteiger partial charge on any atom is 0.266 e. The summed E-state index contributed by atoms with van der Waals surface area (Å²) in [5, 5.41) is 3.15. The van der Waals surface area contributed by atoms with Gasteiger partial charge in [-0.1, -0.05) is 24.3 Å². The lowest BCUT2D eigenvalue weighted by Crippen LogP contribution is -2.32. The Hall–Kier alpha value is -1.82. The van der Waals surface area contributed by atoms with Crippen molar-refractivity contribution < 1.29 is 13.2 Å². The highest BCUT2D eigenvalue weighted by atomic mass is 32.2. The Bertz CT molecular complexity index is 697. The van der Waals surface area contributed by atoms with Gasteiger partial charge in [-0.05, 0) is 43.7 Å². The molecule has 1 fully saturated rings. The summed E-state index contributed by atoms with van der Waals surface area (Å²) in [7, 11) is -3.83. The molecule has 1 aliphatic heterocycles. The van der Waals surface area contributed by atoms with Crippen LogP contribution in [-0.4, -0.2) is 20.9 Å². The zero-order valence-corrected chi connectivity index (χ0v) is 13.1. The van der Waals surface area contributed by atoms with Crippen molar-refractivity contribution in [1.82, 2.24) is 4.72 Å². The van der Waals surface area contributed by atoms with E-state index in [1.54, 1.807) is 18.2 Å². The number of benzene rings is 1. The van der Waals surface area contributed by atoms with E-state index < -0.39 is 15.9 Å². The van der Waals surface area contributed by atoms with Crippen molar-refractivity contribution in [2.24, 2.45) is 11.8 Å². The zero-order chi connectivity index (χ0) is 15.6. The average molecular weight is 320 g/mol. The van der Waals surface area contributed by atoms with Gasteiger partial charge in [0.15, 0.2) is 0 Å². The van der Waals surface area contributed by atoms with Crippen LogP contribution < -0.4 is 10.0 Å². The van der Waals surface area contributed by atoms with Crippen molar-refractivity contribution in [2.75, 3.05) is 11.9 Å². The molecule has 0 saturated heterocycles. The third-order valence-corrected chi connectivity index (χ3v) is 5.49. The van der Waals surface area contributed by atoms with Crippen molar-refractivity contribution in [3.05, 3.63) is 36.4 Å². The number of carbonyl (C=O) groups excluding carboxylic acids is 1. The van der Waals surface area contributed by atoms with Crippen LogP contribution in [0.4, 0.5) is 5.69 Å². The van der Waals surface area contributed by atoms with Crippen LogP contribution in [0.2, 0.25) is 0 Å². The van der Waals surface area contributed by atoms with Crippen LogP contribution in [0, 0.1) is 11.8 Å². The molecular weight excluding hydrogens is 300 g/mol. The molecule has 1 aliphatic carbocycles. The lowest BCUT2D eigenvalue weighted by Gasteiger charge is -2.13. The summed E-state index contributed by atoms with van der Waals surface area (Å²) in [5.41, 5.74) is 0.544. The maximum absolute atomic E-state index is 12.4. The van der Waals surface area contributed by atoms with Gasteiger partial charge in [0.1, 0.15) is 4.90 Å². The second kappa shape index (κ2) is 6.12. The standard InChI is InChI=1S/C16H20N2O3S/c19-16-13-11-12(13)7-3-1-2-6-10-17-14-8-4-5-9-15(14)22(20,21)18-16/h3-5,7-9,12-13,17H,1-2,6,10-11H2,(H,18,19)/b7-3+/t12-,13+/m1/s1. The van der Waals surface area contributed by atoms with Crippen LogP contribution in [0.1, 0.15) is 25.7 Å². The van der Waals surface area contributed by atoms with E-state index in [-0.39, 0.29) is 16.7 Å². The number of nitrogens with one attached hydrogen (secondary N) is 2. The van der Waals surface area contributed by atoms with E-state index in [9.17, 15) is 13.2 Å². The Morgan fingerprint density at radius 2 is 1.95 bits per heavy atom. The van der Waals surface area contributed by atoms with Crippen LogP contribution in [0.3, 0.4) is 0 Å². The number of hydrogen-bond acceptors (Lipinski definition) is 4. The van der Waals surface area contributed by atoms with Gasteiger partial charge in [0, 0.05) is 12.5 Å². The first-order valence-corrected chi connectivity index (χ1v) is 9.12. The lowest BCUT2D eigenvalue weighted by molar-refractivity contribution is -0.120. The predicted molar refractivity (Wildman–Crippen MR) is 84.8 cm³/mol. The van der Waals surface area contributed by atoms with Gasteiger partial charge in [0.25, 0.3) is 10.0 Å². The van der Waals surface area contributed by atoms with E-state index in [1.807, 2.05) is 6.08 Å². The van der Waals surface area contributed by atoms with E-state index >= 15 is 0 Å². The molecule has 1 aromatic carbocycles. The molecule has 1 heterocycles. The van der Waals surface area contributed by atoms with Crippen LogP contribution >= 0.6 is 0 Å². The minimum absolute atomic E-state index is 0.133. The van der Waals surface area contributed by atoms with E-state index in [0.29, 0.717) is 12.2 Å². The summed E-state index contributed by atoms with van der Waals surface area (Å²) in [5.74, 6) is -0.429. The molecule has 0 aromatic heterocycles. The number of carbonyl (C=O) groups is 1. The third-order valence-electron chi connectivity index (χ3n) is 4.08. The fourth-order valence-corrected chi connectivity index (χ4v) is 3.93. The average Bonchev–Trinajstić information content (AvgIpc) is 3.25. The smallest absolute Gasteiger partial charge is 0.266 e. The zero-order valence-electron chi connectivity index (χ0n) is 12.3. The molecule has 0 radical (unpaired) electrons. The lowest BCUT2D eigenvalue weighted by atomic mass is 10.2. The molecule has 2 aliphatic rings. The number of fused-ring (bicyclic) bond motifs is 2. The van der Waals surface area contributed by atoms with Gasteiger partial charge in [0.05, 0.1) is 5.69 Å². The molecule has 22 heavy (non-hydrogen) atoms. The minimum Gasteiger partial charge on any atom is -0.384 e. The van der Waals surface area contributed by atoms with Gasteiger partial charge in [-0.25, -0.2) is 13.1 Å². The number of amides is 1. The fourth-order valence-electron chi connectivity index (χ4n) is 2.72. The molecule has 1 amide bonds.